The van der Waals surface area contributed by atoms with Crippen molar-refractivity contribution in [1.82, 2.24) is 0 Å². The van der Waals surface area contributed by atoms with Crippen LogP contribution < -0.4 is 11.1 Å². The second kappa shape index (κ2) is 7.63. The monoisotopic (exact) mass is 357 g/mol. The van der Waals surface area contributed by atoms with Crippen LogP contribution in [0.15, 0.2) is 48.0 Å². The number of anilines is 1. The Balaban J connectivity index is 1.69. The van der Waals surface area contributed by atoms with Crippen LogP contribution in [0.5, 0.6) is 0 Å². The molecule has 0 bridgehead atoms. The molecule has 0 aliphatic heterocycles. The maximum absolute atomic E-state index is 14.0. The highest BCUT2D eigenvalue weighted by molar-refractivity contribution is 5.50. The molecule has 2 unspecified atom stereocenters. The van der Waals surface area contributed by atoms with Crippen molar-refractivity contribution in [2.75, 3.05) is 11.9 Å². The zero-order chi connectivity index (χ0) is 18.7. The van der Waals surface area contributed by atoms with Crippen molar-refractivity contribution < 1.29 is 13.2 Å². The first kappa shape index (κ1) is 18.0. The molecule has 0 spiro atoms. The SMILES string of the molecule is N#Cc1cccc(NCC2=CCC(c3ccc(F)c(F)c3F)C(N)C2)c1. The Labute approximate surface area is 149 Å². The molecule has 134 valence electrons. The van der Waals surface area contributed by atoms with E-state index in [1.165, 1.54) is 6.07 Å². The highest BCUT2D eigenvalue weighted by Gasteiger charge is 2.28. The number of allylic oxidation sites excluding steroid dienone is 1. The van der Waals surface area contributed by atoms with Gasteiger partial charge in [0.2, 0.25) is 0 Å². The second-order valence-electron chi connectivity index (χ2n) is 6.38. The van der Waals surface area contributed by atoms with E-state index in [0.717, 1.165) is 17.3 Å². The predicted molar refractivity (Wildman–Crippen MR) is 94.0 cm³/mol. The second-order valence-corrected chi connectivity index (χ2v) is 6.38. The van der Waals surface area contributed by atoms with Crippen LogP contribution in [0.2, 0.25) is 0 Å². The van der Waals surface area contributed by atoms with Gasteiger partial charge in [0.15, 0.2) is 17.5 Å². The Bertz CT molecular complexity index is 886. The van der Waals surface area contributed by atoms with Crippen LogP contribution in [-0.4, -0.2) is 12.6 Å². The van der Waals surface area contributed by atoms with Crippen molar-refractivity contribution in [3.05, 3.63) is 76.6 Å². The molecule has 0 heterocycles. The Hall–Kier alpha value is -2.78. The summed E-state index contributed by atoms with van der Waals surface area (Å²) in [6.07, 6.45) is 2.93. The van der Waals surface area contributed by atoms with Gasteiger partial charge in [0.05, 0.1) is 11.6 Å². The first-order chi connectivity index (χ1) is 12.5. The summed E-state index contributed by atoms with van der Waals surface area (Å²) >= 11 is 0. The molecule has 0 amide bonds. The quantitative estimate of drug-likeness (QED) is 0.636. The Kier molecular flexibility index (Phi) is 5.29. The van der Waals surface area contributed by atoms with Gasteiger partial charge in [-0.25, -0.2) is 13.2 Å². The van der Waals surface area contributed by atoms with Crippen LogP contribution >= 0.6 is 0 Å². The van der Waals surface area contributed by atoms with Crippen LogP contribution in [0.3, 0.4) is 0 Å². The predicted octanol–water partition coefficient (Wildman–Crippen LogP) is 4.22. The molecule has 0 aromatic heterocycles. The molecule has 0 fully saturated rings. The fraction of sp³-hybridized carbons (Fsp3) is 0.250. The largest absolute Gasteiger partial charge is 0.381 e. The summed E-state index contributed by atoms with van der Waals surface area (Å²) < 4.78 is 40.6. The Morgan fingerprint density at radius 1 is 1.15 bits per heavy atom. The van der Waals surface area contributed by atoms with Crippen LogP contribution in [-0.2, 0) is 0 Å². The van der Waals surface area contributed by atoms with Crippen molar-refractivity contribution in [2.24, 2.45) is 5.73 Å². The van der Waals surface area contributed by atoms with E-state index in [0.29, 0.717) is 24.9 Å². The minimum absolute atomic E-state index is 0.112. The number of hydrogen-bond donors (Lipinski definition) is 2. The average Bonchev–Trinajstić information content (AvgIpc) is 2.65. The summed E-state index contributed by atoms with van der Waals surface area (Å²) in [5.41, 5.74) is 8.74. The summed E-state index contributed by atoms with van der Waals surface area (Å²) in [7, 11) is 0. The van der Waals surface area contributed by atoms with E-state index in [1.54, 1.807) is 18.2 Å². The van der Waals surface area contributed by atoms with E-state index in [2.05, 4.69) is 11.4 Å². The fourth-order valence-electron chi connectivity index (χ4n) is 3.24. The lowest BCUT2D eigenvalue weighted by atomic mass is 9.80. The van der Waals surface area contributed by atoms with E-state index in [1.807, 2.05) is 12.1 Å². The van der Waals surface area contributed by atoms with Gasteiger partial charge in [0.25, 0.3) is 0 Å². The molecule has 2 atom stereocenters. The lowest BCUT2D eigenvalue weighted by Gasteiger charge is -2.29. The normalized spacial score (nSPS) is 19.6. The van der Waals surface area contributed by atoms with Crippen LogP contribution in [0, 0.1) is 28.8 Å². The molecular formula is C20H18F3N3. The van der Waals surface area contributed by atoms with Crippen LogP contribution in [0.1, 0.15) is 29.9 Å². The highest BCUT2D eigenvalue weighted by atomic mass is 19.2. The molecule has 26 heavy (non-hydrogen) atoms. The van der Waals surface area contributed by atoms with Crippen LogP contribution in [0.25, 0.3) is 0 Å². The third-order valence-corrected chi connectivity index (χ3v) is 4.65. The average molecular weight is 357 g/mol. The molecule has 1 aliphatic carbocycles. The van der Waals surface area contributed by atoms with E-state index in [-0.39, 0.29) is 11.6 Å². The molecule has 1 aliphatic rings. The summed E-state index contributed by atoms with van der Waals surface area (Å²) in [5.74, 6) is -4.20. The zero-order valence-corrected chi connectivity index (χ0v) is 14.0. The van der Waals surface area contributed by atoms with Crippen molar-refractivity contribution in [1.29, 1.82) is 5.26 Å². The molecule has 3 N–H and O–H groups in total. The molecule has 2 aromatic rings. The maximum atomic E-state index is 14.0. The van der Waals surface area contributed by atoms with Gasteiger partial charge in [0.1, 0.15) is 0 Å². The smallest absolute Gasteiger partial charge is 0.194 e. The van der Waals surface area contributed by atoms with Gasteiger partial charge in [-0.1, -0.05) is 23.8 Å². The Morgan fingerprint density at radius 2 is 1.96 bits per heavy atom. The molecule has 3 nitrogen and oxygen atoms in total. The van der Waals surface area contributed by atoms with Crippen molar-refractivity contribution >= 4 is 5.69 Å². The third-order valence-electron chi connectivity index (χ3n) is 4.65. The van der Waals surface area contributed by atoms with Gasteiger partial charge in [0, 0.05) is 24.2 Å². The third kappa shape index (κ3) is 3.73. The minimum atomic E-state index is -1.46. The summed E-state index contributed by atoms with van der Waals surface area (Å²) in [5, 5.41) is 12.2. The van der Waals surface area contributed by atoms with Gasteiger partial charge >= 0.3 is 0 Å². The zero-order valence-electron chi connectivity index (χ0n) is 14.0. The van der Waals surface area contributed by atoms with Crippen molar-refractivity contribution in [3.8, 4) is 6.07 Å². The first-order valence-corrected chi connectivity index (χ1v) is 8.30. The molecular weight excluding hydrogens is 339 g/mol. The fourth-order valence-corrected chi connectivity index (χ4v) is 3.24. The number of nitriles is 1. The van der Waals surface area contributed by atoms with Crippen molar-refractivity contribution in [3.63, 3.8) is 0 Å². The summed E-state index contributed by atoms with van der Waals surface area (Å²) in [4.78, 5) is 0. The lowest BCUT2D eigenvalue weighted by Crippen LogP contribution is -2.33. The minimum Gasteiger partial charge on any atom is -0.381 e. The van der Waals surface area contributed by atoms with E-state index < -0.39 is 23.4 Å². The number of benzene rings is 2. The number of rotatable bonds is 4. The standard InChI is InChI=1S/C20H18F3N3/c21-17-7-6-16(19(22)20(17)23)15-5-4-13(9-18(15)25)11-26-14-3-1-2-12(8-14)10-24/h1-4,6-8,15,18,26H,5,9,11,25H2. The lowest BCUT2D eigenvalue weighted by molar-refractivity contribution is 0.420. The van der Waals surface area contributed by atoms with Gasteiger partial charge in [-0.2, -0.15) is 5.26 Å². The summed E-state index contributed by atoms with van der Waals surface area (Å²) in [6.45, 7) is 0.551. The first-order valence-electron chi connectivity index (χ1n) is 8.30. The highest BCUT2D eigenvalue weighted by Crippen LogP contribution is 2.34. The molecule has 6 heteroatoms. The van der Waals surface area contributed by atoms with Crippen molar-refractivity contribution in [2.45, 2.75) is 24.8 Å². The van der Waals surface area contributed by atoms with E-state index in [4.69, 9.17) is 11.0 Å². The number of halogens is 3. The molecule has 3 rings (SSSR count). The maximum Gasteiger partial charge on any atom is 0.194 e. The van der Waals surface area contributed by atoms with Gasteiger partial charge in [-0.05, 0) is 42.7 Å². The van der Waals surface area contributed by atoms with E-state index in [9.17, 15) is 13.2 Å². The Morgan fingerprint density at radius 3 is 2.69 bits per heavy atom. The number of nitrogens with zero attached hydrogens (tertiary/aromatic N) is 1. The molecule has 0 saturated carbocycles. The topological polar surface area (TPSA) is 61.8 Å². The van der Waals surface area contributed by atoms with Gasteiger partial charge in [-0.3, -0.25) is 0 Å². The summed E-state index contributed by atoms with van der Waals surface area (Å²) in [6, 6.07) is 11.0. The molecule has 2 aromatic carbocycles. The van der Waals surface area contributed by atoms with Gasteiger partial charge in [-0.15, -0.1) is 0 Å². The van der Waals surface area contributed by atoms with E-state index >= 15 is 0 Å². The number of nitrogens with two attached hydrogens (primary N) is 1. The van der Waals surface area contributed by atoms with Gasteiger partial charge < -0.3 is 11.1 Å². The molecule has 0 saturated heterocycles. The number of hydrogen-bond acceptors (Lipinski definition) is 3. The van der Waals surface area contributed by atoms with Crippen LogP contribution in [0.4, 0.5) is 18.9 Å². The number of nitrogens with one attached hydrogen (secondary N) is 1. The molecule has 0 radical (unpaired) electrons.